The molecule has 0 fully saturated rings. The van der Waals surface area contributed by atoms with Crippen LogP contribution in [0.4, 0.5) is 4.79 Å². The third kappa shape index (κ3) is 4.69. The quantitative estimate of drug-likeness (QED) is 0.812. The number of rotatable bonds is 6. The molecule has 0 unspecified atom stereocenters. The van der Waals surface area contributed by atoms with Gasteiger partial charge in [0, 0.05) is 5.56 Å². The first-order chi connectivity index (χ1) is 11.4. The van der Waals surface area contributed by atoms with Crippen LogP contribution in [0.3, 0.4) is 0 Å². The molecule has 0 atom stereocenters. The number of hydrogen-bond donors (Lipinski definition) is 1. The lowest BCUT2D eigenvalue weighted by Gasteiger charge is -2.24. The summed E-state index contributed by atoms with van der Waals surface area (Å²) in [6.45, 7) is 5.58. The van der Waals surface area contributed by atoms with Gasteiger partial charge in [-0.3, -0.25) is 4.79 Å². The van der Waals surface area contributed by atoms with E-state index < -0.39 is 11.6 Å². The Bertz CT molecular complexity index is 691. The lowest BCUT2D eigenvalue weighted by molar-refractivity contribution is 0.0846. The molecule has 0 heterocycles. The minimum atomic E-state index is -1.04. The minimum Gasteiger partial charge on any atom is -0.445 e. The molecule has 1 amide bonds. The Morgan fingerprint density at radius 3 is 2.17 bits per heavy atom. The van der Waals surface area contributed by atoms with E-state index >= 15 is 0 Å². The van der Waals surface area contributed by atoms with Gasteiger partial charge < -0.3 is 10.1 Å². The Labute approximate surface area is 142 Å². The van der Waals surface area contributed by atoms with E-state index in [0.29, 0.717) is 5.56 Å². The molecule has 1 N–H and O–H groups in total. The molecule has 0 aliphatic rings. The first-order valence-electron chi connectivity index (χ1n) is 8.05. The Morgan fingerprint density at radius 2 is 1.58 bits per heavy atom. The number of nitrogens with one attached hydrogen (secondary N) is 1. The summed E-state index contributed by atoms with van der Waals surface area (Å²) in [5.74, 6) is -0.151. The molecule has 2 aromatic rings. The largest absolute Gasteiger partial charge is 0.445 e. The summed E-state index contributed by atoms with van der Waals surface area (Å²) in [5.41, 5.74) is 1.59. The topological polar surface area (TPSA) is 55.4 Å². The van der Waals surface area contributed by atoms with Gasteiger partial charge in [0.15, 0.2) is 5.78 Å². The number of alkyl carbamates (subject to hydrolysis) is 1. The van der Waals surface area contributed by atoms with E-state index in [4.69, 9.17) is 4.74 Å². The van der Waals surface area contributed by atoms with Crippen molar-refractivity contribution >= 4 is 11.9 Å². The molecule has 0 spiro atoms. The molecule has 0 aromatic heterocycles. The predicted octanol–water partition coefficient (Wildman–Crippen LogP) is 4.14. The molecule has 2 aromatic carbocycles. The fraction of sp³-hybridized carbons (Fsp3) is 0.300. The minimum absolute atomic E-state index is 0.151. The van der Waals surface area contributed by atoms with Gasteiger partial charge in [0.1, 0.15) is 12.1 Å². The van der Waals surface area contributed by atoms with Crippen LogP contribution in [0.15, 0.2) is 54.6 Å². The number of amides is 1. The van der Waals surface area contributed by atoms with Crippen LogP contribution in [0.5, 0.6) is 0 Å². The van der Waals surface area contributed by atoms with Crippen molar-refractivity contribution in [3.8, 4) is 0 Å². The highest BCUT2D eigenvalue weighted by Crippen LogP contribution is 2.15. The zero-order valence-electron chi connectivity index (χ0n) is 14.3. The summed E-state index contributed by atoms with van der Waals surface area (Å²) < 4.78 is 5.18. The maximum atomic E-state index is 12.6. The van der Waals surface area contributed by atoms with E-state index in [9.17, 15) is 9.59 Å². The van der Waals surface area contributed by atoms with Crippen molar-refractivity contribution in [3.05, 3.63) is 71.3 Å². The average molecular weight is 325 g/mol. The summed E-state index contributed by atoms with van der Waals surface area (Å²) in [5, 5.41) is 2.64. The van der Waals surface area contributed by atoms with Crippen LogP contribution in [-0.4, -0.2) is 17.4 Å². The molecule has 0 saturated carbocycles. The summed E-state index contributed by atoms with van der Waals surface area (Å²) >= 11 is 0. The number of ketones is 1. The molecular weight excluding hydrogens is 302 g/mol. The number of carbonyl (C=O) groups is 2. The monoisotopic (exact) mass is 325 g/mol. The van der Waals surface area contributed by atoms with Crippen molar-refractivity contribution in [3.63, 3.8) is 0 Å². The molecule has 2 rings (SSSR count). The molecular formula is C20H23NO3. The lowest BCUT2D eigenvalue weighted by atomic mass is 9.92. The van der Waals surface area contributed by atoms with Gasteiger partial charge in [-0.25, -0.2) is 4.79 Å². The maximum absolute atomic E-state index is 12.6. The van der Waals surface area contributed by atoms with Crippen molar-refractivity contribution in [1.82, 2.24) is 5.32 Å². The lowest BCUT2D eigenvalue weighted by Crippen LogP contribution is -2.49. The highest BCUT2D eigenvalue weighted by atomic mass is 16.5. The van der Waals surface area contributed by atoms with Crippen LogP contribution in [0.2, 0.25) is 0 Å². The first kappa shape index (κ1) is 17.7. The van der Waals surface area contributed by atoms with Crippen LogP contribution in [0.1, 0.15) is 42.3 Å². The fourth-order valence-corrected chi connectivity index (χ4v) is 2.32. The van der Waals surface area contributed by atoms with Crippen molar-refractivity contribution in [2.75, 3.05) is 0 Å². The number of Topliss-reactive ketones (excluding diaryl/α,β-unsaturated/α-hetero) is 1. The van der Waals surface area contributed by atoms with Crippen molar-refractivity contribution in [2.24, 2.45) is 0 Å². The van der Waals surface area contributed by atoms with Crippen molar-refractivity contribution in [2.45, 2.75) is 39.3 Å². The highest BCUT2D eigenvalue weighted by Gasteiger charge is 2.31. The van der Waals surface area contributed by atoms with Gasteiger partial charge in [0.25, 0.3) is 0 Å². The third-order valence-corrected chi connectivity index (χ3v) is 3.82. The summed E-state index contributed by atoms with van der Waals surface area (Å²) in [6.07, 6.45) is 0.310. The molecule has 0 bridgehead atoms. The van der Waals surface area contributed by atoms with Crippen LogP contribution >= 0.6 is 0 Å². The molecule has 0 aliphatic carbocycles. The number of carbonyl (C=O) groups excluding carboxylic acids is 2. The molecule has 4 heteroatoms. The third-order valence-electron chi connectivity index (χ3n) is 3.82. The van der Waals surface area contributed by atoms with E-state index in [-0.39, 0.29) is 12.4 Å². The summed E-state index contributed by atoms with van der Waals surface area (Å²) in [6, 6.07) is 16.8. The Morgan fingerprint density at radius 1 is 0.958 bits per heavy atom. The highest BCUT2D eigenvalue weighted by molar-refractivity contribution is 6.04. The number of benzene rings is 2. The number of aryl methyl sites for hydroxylation is 1. The Kier molecular flexibility index (Phi) is 5.74. The summed E-state index contributed by atoms with van der Waals surface area (Å²) in [4.78, 5) is 24.6. The van der Waals surface area contributed by atoms with Gasteiger partial charge in [-0.15, -0.1) is 0 Å². The predicted molar refractivity (Wildman–Crippen MR) is 94.0 cm³/mol. The smallest absolute Gasteiger partial charge is 0.408 e. The summed E-state index contributed by atoms with van der Waals surface area (Å²) in [7, 11) is 0. The van der Waals surface area contributed by atoms with Crippen molar-refractivity contribution < 1.29 is 14.3 Å². The van der Waals surface area contributed by atoms with Gasteiger partial charge >= 0.3 is 6.09 Å². The molecule has 126 valence electrons. The maximum Gasteiger partial charge on any atom is 0.408 e. The number of hydrogen-bond acceptors (Lipinski definition) is 3. The van der Waals surface area contributed by atoms with Gasteiger partial charge in [0.05, 0.1) is 0 Å². The zero-order valence-corrected chi connectivity index (χ0v) is 14.3. The van der Waals surface area contributed by atoms with Crippen LogP contribution in [0.25, 0.3) is 0 Å². The standard InChI is InChI=1S/C20H23NO3/c1-4-15-10-12-17(13-11-15)18(22)20(2,3)21-19(23)24-14-16-8-6-5-7-9-16/h5-13H,4,14H2,1-3H3,(H,21,23). The molecule has 0 saturated heterocycles. The van der Waals surface area contributed by atoms with E-state index in [1.807, 2.05) is 42.5 Å². The first-order valence-corrected chi connectivity index (χ1v) is 8.05. The SMILES string of the molecule is CCc1ccc(C(=O)C(C)(C)NC(=O)OCc2ccccc2)cc1. The van der Waals surface area contributed by atoms with Gasteiger partial charge in [0.2, 0.25) is 0 Å². The second kappa shape index (κ2) is 7.77. The van der Waals surface area contributed by atoms with E-state index in [0.717, 1.165) is 12.0 Å². The normalized spacial score (nSPS) is 11.0. The van der Waals surface area contributed by atoms with Gasteiger partial charge in [-0.2, -0.15) is 0 Å². The van der Waals surface area contributed by atoms with Gasteiger partial charge in [-0.05, 0) is 31.4 Å². The molecule has 0 radical (unpaired) electrons. The Balaban J connectivity index is 1.95. The molecule has 4 nitrogen and oxygen atoms in total. The van der Waals surface area contributed by atoms with E-state index in [2.05, 4.69) is 12.2 Å². The molecule has 24 heavy (non-hydrogen) atoms. The number of ether oxygens (including phenoxy) is 1. The van der Waals surface area contributed by atoms with Crippen LogP contribution in [0, 0.1) is 0 Å². The van der Waals surface area contributed by atoms with E-state index in [1.165, 1.54) is 5.56 Å². The second-order valence-electron chi connectivity index (χ2n) is 6.19. The van der Waals surface area contributed by atoms with E-state index in [1.54, 1.807) is 26.0 Å². The van der Waals surface area contributed by atoms with Crippen LogP contribution in [-0.2, 0) is 17.8 Å². The Hall–Kier alpha value is -2.62. The van der Waals surface area contributed by atoms with Crippen LogP contribution < -0.4 is 5.32 Å². The fourth-order valence-electron chi connectivity index (χ4n) is 2.32. The zero-order chi connectivity index (χ0) is 17.6. The second-order valence-corrected chi connectivity index (χ2v) is 6.19. The van der Waals surface area contributed by atoms with Gasteiger partial charge in [-0.1, -0.05) is 61.5 Å². The molecule has 0 aliphatic heterocycles. The van der Waals surface area contributed by atoms with Crippen molar-refractivity contribution in [1.29, 1.82) is 0 Å². The average Bonchev–Trinajstić information content (AvgIpc) is 2.60.